The van der Waals surface area contributed by atoms with E-state index in [0.29, 0.717) is 18.3 Å². The Morgan fingerprint density at radius 2 is 2.24 bits per heavy atom. The first kappa shape index (κ1) is 14.4. The highest BCUT2D eigenvalue weighted by Gasteiger charge is 2.42. The number of carbonyl (C=O) groups is 1. The summed E-state index contributed by atoms with van der Waals surface area (Å²) in [6.07, 6.45) is 3.73. The molecule has 2 unspecified atom stereocenters. The number of amides is 1. The molecule has 1 aromatic carbocycles. The van der Waals surface area contributed by atoms with E-state index in [2.05, 4.69) is 37.4 Å². The number of benzene rings is 1. The van der Waals surface area contributed by atoms with Crippen molar-refractivity contribution in [2.24, 2.45) is 5.92 Å². The molecule has 1 heterocycles. The van der Waals surface area contributed by atoms with Gasteiger partial charge in [-0.2, -0.15) is 0 Å². The van der Waals surface area contributed by atoms with E-state index in [4.69, 9.17) is 4.74 Å². The maximum atomic E-state index is 11.6. The maximum Gasteiger partial charge on any atom is 0.219 e. The molecule has 1 fully saturated rings. The van der Waals surface area contributed by atoms with Gasteiger partial charge in [0, 0.05) is 24.9 Å². The van der Waals surface area contributed by atoms with Crippen LogP contribution in [0.25, 0.3) is 0 Å². The van der Waals surface area contributed by atoms with Gasteiger partial charge < -0.3 is 10.1 Å². The van der Waals surface area contributed by atoms with Gasteiger partial charge in [0.2, 0.25) is 5.91 Å². The molecule has 1 N–H and O–H groups in total. The highest BCUT2D eigenvalue weighted by molar-refractivity contribution is 5.75. The predicted molar refractivity (Wildman–Crippen MR) is 83.6 cm³/mol. The van der Waals surface area contributed by atoms with E-state index in [1.165, 1.54) is 17.5 Å². The monoisotopic (exact) mass is 287 g/mol. The van der Waals surface area contributed by atoms with Crippen LogP contribution in [0.2, 0.25) is 0 Å². The topological polar surface area (TPSA) is 38.3 Å². The molecule has 1 aliphatic heterocycles. The van der Waals surface area contributed by atoms with E-state index in [-0.39, 0.29) is 11.5 Å². The molecule has 0 bridgehead atoms. The Labute approximate surface area is 127 Å². The van der Waals surface area contributed by atoms with E-state index in [1.807, 2.05) is 6.92 Å². The summed E-state index contributed by atoms with van der Waals surface area (Å²) in [6.45, 7) is 7.14. The third kappa shape index (κ3) is 3.07. The second-order valence-corrected chi connectivity index (χ2v) is 7.02. The van der Waals surface area contributed by atoms with Gasteiger partial charge in [0.15, 0.2) is 0 Å². The molecule has 2 aliphatic rings. The van der Waals surface area contributed by atoms with Crippen LogP contribution in [0.1, 0.15) is 57.1 Å². The number of nitrogens with one attached hydrogen (secondary N) is 1. The average Bonchev–Trinajstić information content (AvgIpc) is 3.10. The molecule has 3 heteroatoms. The number of fused-ring (bicyclic) bond motifs is 1. The molecule has 1 aromatic rings. The van der Waals surface area contributed by atoms with Gasteiger partial charge in [0.1, 0.15) is 11.4 Å². The van der Waals surface area contributed by atoms with Crippen LogP contribution in [0.15, 0.2) is 18.2 Å². The second-order valence-electron chi connectivity index (χ2n) is 7.02. The third-order valence-corrected chi connectivity index (χ3v) is 4.52. The van der Waals surface area contributed by atoms with Gasteiger partial charge in [-0.1, -0.05) is 19.1 Å². The SMILES string of the molecule is CCCC(=O)NCC1CC1c1cccc2c1CC(C)(C)O2. The lowest BCUT2D eigenvalue weighted by Crippen LogP contribution is -2.25. The largest absolute Gasteiger partial charge is 0.487 e. The van der Waals surface area contributed by atoms with Crippen molar-refractivity contribution in [3.05, 3.63) is 29.3 Å². The Balaban J connectivity index is 1.63. The van der Waals surface area contributed by atoms with Gasteiger partial charge in [-0.05, 0) is 50.2 Å². The summed E-state index contributed by atoms with van der Waals surface area (Å²) < 4.78 is 6.01. The zero-order valence-electron chi connectivity index (χ0n) is 13.2. The minimum atomic E-state index is -0.0852. The van der Waals surface area contributed by atoms with E-state index >= 15 is 0 Å². The lowest BCUT2D eigenvalue weighted by atomic mass is 9.94. The maximum absolute atomic E-state index is 11.6. The van der Waals surface area contributed by atoms with E-state index < -0.39 is 0 Å². The summed E-state index contributed by atoms with van der Waals surface area (Å²) in [4.78, 5) is 11.6. The first-order valence-corrected chi connectivity index (χ1v) is 8.07. The number of carbonyl (C=O) groups excluding carboxylic acids is 1. The smallest absolute Gasteiger partial charge is 0.219 e. The Kier molecular flexibility index (Phi) is 3.68. The lowest BCUT2D eigenvalue weighted by Gasteiger charge is -2.16. The van der Waals surface area contributed by atoms with Crippen LogP contribution in [0, 0.1) is 5.92 Å². The fourth-order valence-electron chi connectivity index (χ4n) is 3.39. The van der Waals surface area contributed by atoms with Crippen LogP contribution in [-0.2, 0) is 11.2 Å². The van der Waals surface area contributed by atoms with Crippen LogP contribution in [0.5, 0.6) is 5.75 Å². The van der Waals surface area contributed by atoms with Crippen LogP contribution in [0.4, 0.5) is 0 Å². The first-order chi connectivity index (χ1) is 10.00. The summed E-state index contributed by atoms with van der Waals surface area (Å²) in [5, 5.41) is 3.06. The van der Waals surface area contributed by atoms with Crippen LogP contribution in [-0.4, -0.2) is 18.1 Å². The lowest BCUT2D eigenvalue weighted by molar-refractivity contribution is -0.121. The molecule has 1 saturated carbocycles. The molecule has 1 amide bonds. The quantitative estimate of drug-likeness (QED) is 0.901. The minimum Gasteiger partial charge on any atom is -0.487 e. The molecule has 3 rings (SSSR count). The zero-order chi connectivity index (χ0) is 15.0. The van der Waals surface area contributed by atoms with Crippen molar-refractivity contribution < 1.29 is 9.53 Å². The summed E-state index contributed by atoms with van der Waals surface area (Å²) >= 11 is 0. The molecule has 3 nitrogen and oxygen atoms in total. The van der Waals surface area contributed by atoms with Crippen molar-refractivity contribution in [2.75, 3.05) is 6.54 Å². The average molecular weight is 287 g/mol. The van der Waals surface area contributed by atoms with Crippen LogP contribution < -0.4 is 10.1 Å². The van der Waals surface area contributed by atoms with Crippen LogP contribution in [0.3, 0.4) is 0 Å². The van der Waals surface area contributed by atoms with Crippen molar-refractivity contribution in [1.29, 1.82) is 0 Å². The Hall–Kier alpha value is -1.51. The van der Waals surface area contributed by atoms with E-state index in [9.17, 15) is 4.79 Å². The predicted octanol–water partition coefficient (Wildman–Crippen LogP) is 3.42. The van der Waals surface area contributed by atoms with Gasteiger partial charge in [0.05, 0.1) is 0 Å². The van der Waals surface area contributed by atoms with Crippen LogP contribution >= 0.6 is 0 Å². The number of ether oxygens (including phenoxy) is 1. The van der Waals surface area contributed by atoms with Gasteiger partial charge >= 0.3 is 0 Å². The Morgan fingerprint density at radius 1 is 1.43 bits per heavy atom. The number of hydrogen-bond donors (Lipinski definition) is 1. The molecule has 0 aromatic heterocycles. The highest BCUT2D eigenvalue weighted by Crippen LogP contribution is 2.51. The van der Waals surface area contributed by atoms with Crippen molar-refractivity contribution in [2.45, 2.75) is 58.0 Å². The Bertz CT molecular complexity index is 550. The molecule has 0 radical (unpaired) electrons. The van der Waals surface area contributed by atoms with Gasteiger partial charge in [-0.15, -0.1) is 0 Å². The fourth-order valence-corrected chi connectivity index (χ4v) is 3.39. The molecule has 0 saturated heterocycles. The zero-order valence-corrected chi connectivity index (χ0v) is 13.2. The normalized spacial score (nSPS) is 25.1. The van der Waals surface area contributed by atoms with Crippen molar-refractivity contribution in [3.8, 4) is 5.75 Å². The summed E-state index contributed by atoms with van der Waals surface area (Å²) in [5.74, 6) is 2.43. The standard InChI is InChI=1S/C18H25NO2/c1-4-6-17(20)19-11-12-9-14(12)13-7-5-8-16-15(13)10-18(2,3)21-16/h5,7-8,12,14H,4,6,9-11H2,1-3H3,(H,19,20). The summed E-state index contributed by atoms with van der Waals surface area (Å²) in [7, 11) is 0. The molecule has 1 aliphatic carbocycles. The van der Waals surface area contributed by atoms with Crippen molar-refractivity contribution in [3.63, 3.8) is 0 Å². The van der Waals surface area contributed by atoms with Crippen molar-refractivity contribution >= 4 is 5.91 Å². The molecule has 2 atom stereocenters. The van der Waals surface area contributed by atoms with E-state index in [1.54, 1.807) is 0 Å². The second kappa shape index (κ2) is 5.36. The Morgan fingerprint density at radius 3 is 3.00 bits per heavy atom. The van der Waals surface area contributed by atoms with E-state index in [0.717, 1.165) is 25.1 Å². The number of rotatable bonds is 5. The summed E-state index contributed by atoms with van der Waals surface area (Å²) in [5.41, 5.74) is 2.74. The summed E-state index contributed by atoms with van der Waals surface area (Å²) in [6, 6.07) is 6.41. The van der Waals surface area contributed by atoms with Gasteiger partial charge in [-0.3, -0.25) is 4.79 Å². The highest BCUT2D eigenvalue weighted by atomic mass is 16.5. The van der Waals surface area contributed by atoms with Gasteiger partial charge in [-0.25, -0.2) is 0 Å². The third-order valence-electron chi connectivity index (χ3n) is 4.52. The molecule has 114 valence electrons. The fraction of sp³-hybridized carbons (Fsp3) is 0.611. The van der Waals surface area contributed by atoms with Crippen molar-refractivity contribution in [1.82, 2.24) is 5.32 Å². The molecular formula is C18H25NO2. The minimum absolute atomic E-state index is 0.0852. The first-order valence-electron chi connectivity index (χ1n) is 8.07. The molecule has 0 spiro atoms. The molecular weight excluding hydrogens is 262 g/mol. The van der Waals surface area contributed by atoms with Gasteiger partial charge in [0.25, 0.3) is 0 Å². The molecule has 21 heavy (non-hydrogen) atoms. The number of hydrogen-bond acceptors (Lipinski definition) is 2.